The molecular weight excluding hydrogens is 823 g/mol. The van der Waals surface area contributed by atoms with E-state index in [0.29, 0.717) is 39.0 Å². The number of esters is 1. The molecule has 0 radical (unpaired) electrons. The average molecular weight is 868 g/mol. The second kappa shape index (κ2) is 20.2. The monoisotopic (exact) mass is 867 g/mol. The van der Waals surface area contributed by atoms with E-state index in [2.05, 4.69) is 28.1 Å². The Morgan fingerprint density at radius 1 is 0.746 bits per heavy atom. The van der Waals surface area contributed by atoms with Crippen LogP contribution in [0.15, 0.2) is 180 Å². The highest BCUT2D eigenvalue weighted by Crippen LogP contribution is 2.44. The van der Waals surface area contributed by atoms with Gasteiger partial charge in [-0.3, -0.25) is 14.4 Å². The molecule has 2 atom stereocenters. The number of ether oxygens (including phenoxy) is 1. The van der Waals surface area contributed by atoms with E-state index in [-0.39, 0.29) is 18.2 Å². The number of benzene rings is 6. The van der Waals surface area contributed by atoms with Crippen molar-refractivity contribution in [2.75, 3.05) is 17.2 Å². The summed E-state index contributed by atoms with van der Waals surface area (Å²) in [5, 5.41) is 8.71. The molecule has 10 heteroatoms. The van der Waals surface area contributed by atoms with Crippen LogP contribution in [0.4, 0.5) is 10.7 Å². The van der Waals surface area contributed by atoms with E-state index in [9.17, 15) is 19.2 Å². The number of hydrogen-bond acceptors (Lipinski definition) is 7. The van der Waals surface area contributed by atoms with Crippen LogP contribution >= 0.6 is 23.1 Å². The van der Waals surface area contributed by atoms with Gasteiger partial charge in [-0.1, -0.05) is 140 Å². The van der Waals surface area contributed by atoms with Crippen molar-refractivity contribution in [2.45, 2.75) is 42.2 Å². The lowest BCUT2D eigenvalue weighted by Gasteiger charge is -2.23. The molecule has 7 aromatic rings. The number of amides is 3. The molecule has 0 saturated carbocycles. The molecule has 0 fully saturated rings. The van der Waals surface area contributed by atoms with Crippen molar-refractivity contribution in [1.29, 1.82) is 0 Å². The summed E-state index contributed by atoms with van der Waals surface area (Å²) >= 11 is 2.78. The minimum Gasteiger partial charge on any atom is -0.462 e. The summed E-state index contributed by atoms with van der Waals surface area (Å²) in [7, 11) is 0. The van der Waals surface area contributed by atoms with E-state index in [0.717, 1.165) is 45.5 Å². The molecule has 0 saturated heterocycles. The van der Waals surface area contributed by atoms with Crippen LogP contribution in [0.5, 0.6) is 0 Å². The van der Waals surface area contributed by atoms with Crippen molar-refractivity contribution in [3.8, 4) is 11.1 Å². The average Bonchev–Trinajstić information content (AvgIpc) is 3.69. The van der Waals surface area contributed by atoms with Crippen LogP contribution in [0, 0.1) is 0 Å². The fraction of sp³-hybridized carbons (Fsp3) is 0.132. The number of hydrogen-bond donors (Lipinski definition) is 3. The number of anilines is 2. The van der Waals surface area contributed by atoms with Crippen molar-refractivity contribution >= 4 is 63.6 Å². The zero-order valence-electron chi connectivity index (χ0n) is 34.6. The standard InChI is InChI=1S/C53H45N3O5S2/c1-2-61-53(60)47-44-31-30-41(37-18-9-4-10-19-37)33-46(44)63-52(47)56-51(59)48(39-20-11-5-12-21-39)62-43-25-15-24-42(34-43)54-50(58)45(55-49(57)40-22-13-6-14-23-40)32-35-26-28-38(29-27-35)36-16-7-3-8-17-36/h3-29,32,34,41,48H,2,30-31,33H2,1H3,(H,54,58)(H,55,57)(H,56,59)/b45-32+. The fourth-order valence-corrected chi connectivity index (χ4v) is 10.1. The number of carbonyl (C=O) groups is 4. The summed E-state index contributed by atoms with van der Waals surface area (Å²) in [6, 6.07) is 53.6. The van der Waals surface area contributed by atoms with E-state index >= 15 is 0 Å². The lowest BCUT2D eigenvalue weighted by Crippen LogP contribution is -2.30. The second-order valence-electron chi connectivity index (χ2n) is 15.0. The van der Waals surface area contributed by atoms with Gasteiger partial charge in [0.15, 0.2) is 0 Å². The van der Waals surface area contributed by atoms with E-state index in [4.69, 9.17) is 4.74 Å². The van der Waals surface area contributed by atoms with Crippen LogP contribution in [0.1, 0.15) is 72.4 Å². The van der Waals surface area contributed by atoms with Gasteiger partial charge in [0.05, 0.1) is 12.2 Å². The quantitative estimate of drug-likeness (QED) is 0.0570. The normalized spacial score (nSPS) is 13.9. The number of nitrogens with one attached hydrogen (secondary N) is 3. The maximum absolute atomic E-state index is 14.5. The Bertz CT molecular complexity index is 2740. The highest BCUT2D eigenvalue weighted by molar-refractivity contribution is 8.00. The van der Waals surface area contributed by atoms with Gasteiger partial charge in [-0.25, -0.2) is 4.79 Å². The van der Waals surface area contributed by atoms with E-state index in [1.54, 1.807) is 49.4 Å². The number of thiophene rings is 1. The zero-order valence-corrected chi connectivity index (χ0v) is 36.2. The maximum Gasteiger partial charge on any atom is 0.341 e. The van der Waals surface area contributed by atoms with Gasteiger partial charge in [-0.05, 0) is 102 Å². The van der Waals surface area contributed by atoms with E-state index in [1.165, 1.54) is 28.7 Å². The topological polar surface area (TPSA) is 114 Å². The van der Waals surface area contributed by atoms with Crippen LogP contribution in [0.25, 0.3) is 17.2 Å². The Balaban J connectivity index is 1.04. The lowest BCUT2D eigenvalue weighted by atomic mass is 9.83. The first-order chi connectivity index (χ1) is 30.8. The van der Waals surface area contributed by atoms with Gasteiger partial charge in [-0.2, -0.15) is 0 Å². The Kier molecular flexibility index (Phi) is 13.7. The summed E-state index contributed by atoms with van der Waals surface area (Å²) < 4.78 is 5.54. The van der Waals surface area contributed by atoms with Crippen molar-refractivity contribution < 1.29 is 23.9 Å². The van der Waals surface area contributed by atoms with Gasteiger partial charge in [0.25, 0.3) is 11.8 Å². The minimum atomic E-state index is -0.720. The predicted molar refractivity (Wildman–Crippen MR) is 254 cm³/mol. The Morgan fingerprint density at radius 3 is 2.10 bits per heavy atom. The Hall–Kier alpha value is -7.01. The fourth-order valence-electron chi connectivity index (χ4n) is 7.67. The largest absolute Gasteiger partial charge is 0.462 e. The third-order valence-electron chi connectivity index (χ3n) is 10.8. The summed E-state index contributed by atoms with van der Waals surface area (Å²) in [4.78, 5) is 57.2. The van der Waals surface area contributed by atoms with Crippen LogP contribution in [-0.2, 0) is 27.2 Å². The maximum atomic E-state index is 14.5. The molecule has 3 N–H and O–H groups in total. The van der Waals surface area contributed by atoms with Gasteiger partial charge in [0.2, 0.25) is 5.91 Å². The molecule has 0 spiro atoms. The van der Waals surface area contributed by atoms with Gasteiger partial charge in [0, 0.05) is 21.0 Å². The van der Waals surface area contributed by atoms with Crippen molar-refractivity contribution in [3.63, 3.8) is 0 Å². The number of rotatable bonds is 14. The molecule has 1 heterocycles. The van der Waals surface area contributed by atoms with E-state index < -0.39 is 23.0 Å². The van der Waals surface area contributed by atoms with Crippen LogP contribution < -0.4 is 16.0 Å². The molecule has 8 nitrogen and oxygen atoms in total. The van der Waals surface area contributed by atoms with Crippen molar-refractivity contribution in [3.05, 3.63) is 214 Å². The molecule has 1 aliphatic rings. The Labute approximate surface area is 375 Å². The van der Waals surface area contributed by atoms with Crippen LogP contribution in [-0.4, -0.2) is 30.3 Å². The second-order valence-corrected chi connectivity index (χ2v) is 17.3. The van der Waals surface area contributed by atoms with Gasteiger partial charge < -0.3 is 20.7 Å². The molecule has 0 aliphatic heterocycles. The summed E-state index contributed by atoms with van der Waals surface area (Å²) in [5.41, 5.74) is 7.17. The van der Waals surface area contributed by atoms with Gasteiger partial charge in [-0.15, -0.1) is 23.1 Å². The number of carbonyl (C=O) groups excluding carboxylic acids is 4. The molecule has 1 aliphatic carbocycles. The van der Waals surface area contributed by atoms with Crippen molar-refractivity contribution in [1.82, 2.24) is 5.32 Å². The lowest BCUT2D eigenvalue weighted by molar-refractivity contribution is -0.116. The predicted octanol–water partition coefficient (Wildman–Crippen LogP) is 11.7. The first-order valence-corrected chi connectivity index (χ1v) is 22.6. The summed E-state index contributed by atoms with van der Waals surface area (Å²) in [6.07, 6.45) is 4.02. The molecular formula is C53H45N3O5S2. The number of thioether (sulfide) groups is 1. The molecule has 0 bridgehead atoms. The third kappa shape index (κ3) is 10.5. The highest BCUT2D eigenvalue weighted by atomic mass is 32.2. The van der Waals surface area contributed by atoms with Gasteiger partial charge >= 0.3 is 5.97 Å². The van der Waals surface area contributed by atoms with Crippen LogP contribution in [0.2, 0.25) is 0 Å². The molecule has 3 amide bonds. The molecule has 314 valence electrons. The zero-order chi connectivity index (χ0) is 43.5. The summed E-state index contributed by atoms with van der Waals surface area (Å²) in [6.45, 7) is 2.00. The SMILES string of the molecule is CCOC(=O)c1c(NC(=O)C(Sc2cccc(NC(=O)/C(=C\c3ccc(-c4ccccc4)cc3)NC(=O)c3ccccc3)c2)c2ccccc2)sc2c1CCC(c1ccccc1)C2. The highest BCUT2D eigenvalue weighted by Gasteiger charge is 2.32. The molecule has 2 unspecified atom stereocenters. The first-order valence-electron chi connectivity index (χ1n) is 20.9. The van der Waals surface area contributed by atoms with Gasteiger partial charge in [0.1, 0.15) is 15.9 Å². The Morgan fingerprint density at radius 2 is 1.40 bits per heavy atom. The van der Waals surface area contributed by atoms with Crippen LogP contribution in [0.3, 0.4) is 0 Å². The molecule has 6 aromatic carbocycles. The molecule has 1 aromatic heterocycles. The van der Waals surface area contributed by atoms with E-state index in [1.807, 2.05) is 121 Å². The van der Waals surface area contributed by atoms with Crippen molar-refractivity contribution in [2.24, 2.45) is 0 Å². The first kappa shape index (κ1) is 42.7. The number of fused-ring (bicyclic) bond motifs is 1. The molecule has 63 heavy (non-hydrogen) atoms. The third-order valence-corrected chi connectivity index (χ3v) is 13.2. The minimum absolute atomic E-state index is 0.0575. The molecule has 8 rings (SSSR count). The summed E-state index contributed by atoms with van der Waals surface area (Å²) in [5.74, 6) is -1.36. The smallest absolute Gasteiger partial charge is 0.341 e.